The molecular weight excluding hydrogens is 364 g/mol. The highest BCUT2D eigenvalue weighted by atomic mass is 16.5. The van der Waals surface area contributed by atoms with Crippen LogP contribution in [0.2, 0.25) is 0 Å². The summed E-state index contributed by atoms with van der Waals surface area (Å²) < 4.78 is 9.65. The topological polar surface area (TPSA) is 52.3 Å². The van der Waals surface area contributed by atoms with Gasteiger partial charge < -0.3 is 14.2 Å². The Balaban J connectivity index is 1.54. The predicted molar refractivity (Wildman–Crippen MR) is 112 cm³/mol. The van der Waals surface area contributed by atoms with Crippen LogP contribution in [0.3, 0.4) is 0 Å². The van der Waals surface area contributed by atoms with Gasteiger partial charge in [0, 0.05) is 18.0 Å². The van der Waals surface area contributed by atoms with Crippen LogP contribution in [-0.2, 0) is 29.8 Å². The molecular formula is C23H28N4O2. The van der Waals surface area contributed by atoms with Gasteiger partial charge in [-0.25, -0.2) is 4.68 Å². The van der Waals surface area contributed by atoms with Crippen molar-refractivity contribution in [2.75, 3.05) is 6.61 Å². The summed E-state index contributed by atoms with van der Waals surface area (Å²) in [6.45, 7) is 10.2. The largest absolute Gasteiger partial charge is 0.494 e. The second-order valence-corrected chi connectivity index (χ2v) is 8.43. The third kappa shape index (κ3) is 3.79. The molecule has 1 amide bonds. The van der Waals surface area contributed by atoms with E-state index < -0.39 is 0 Å². The molecule has 0 fully saturated rings. The number of nitrogens with zero attached hydrogens (tertiary/aromatic N) is 4. The fourth-order valence-electron chi connectivity index (χ4n) is 3.74. The summed E-state index contributed by atoms with van der Waals surface area (Å²) in [7, 11) is 0. The van der Waals surface area contributed by atoms with E-state index in [1.165, 1.54) is 0 Å². The summed E-state index contributed by atoms with van der Waals surface area (Å²) in [5.41, 5.74) is 2.98. The van der Waals surface area contributed by atoms with Crippen molar-refractivity contribution in [3.05, 3.63) is 65.6 Å². The lowest BCUT2D eigenvalue weighted by atomic mass is 10.1. The van der Waals surface area contributed by atoms with Crippen molar-refractivity contribution in [1.29, 1.82) is 0 Å². The molecule has 6 nitrogen and oxygen atoms in total. The molecule has 0 N–H and O–H groups in total. The Kier molecular flexibility index (Phi) is 4.94. The van der Waals surface area contributed by atoms with Crippen LogP contribution < -0.4 is 4.74 Å². The Morgan fingerprint density at radius 2 is 1.79 bits per heavy atom. The van der Waals surface area contributed by atoms with E-state index in [1.807, 2.05) is 60.6 Å². The minimum absolute atomic E-state index is 0.118. The van der Waals surface area contributed by atoms with E-state index in [2.05, 4.69) is 30.0 Å². The maximum atomic E-state index is 12.9. The second-order valence-electron chi connectivity index (χ2n) is 8.43. The van der Waals surface area contributed by atoms with Crippen molar-refractivity contribution in [2.45, 2.75) is 52.7 Å². The Hall–Kier alpha value is -3.02. The van der Waals surface area contributed by atoms with Gasteiger partial charge in [0.25, 0.3) is 0 Å². The number of hydrogen-bond acceptors (Lipinski definition) is 3. The lowest BCUT2D eigenvalue weighted by Crippen LogP contribution is -2.30. The number of carbonyl (C=O) groups is 1. The van der Waals surface area contributed by atoms with Gasteiger partial charge in [0.2, 0.25) is 5.91 Å². The molecule has 1 aliphatic heterocycles. The van der Waals surface area contributed by atoms with Crippen molar-refractivity contribution < 1.29 is 9.53 Å². The molecule has 0 unspecified atom stereocenters. The van der Waals surface area contributed by atoms with E-state index in [0.29, 0.717) is 26.1 Å². The molecule has 6 heteroatoms. The first kappa shape index (κ1) is 19.3. The van der Waals surface area contributed by atoms with E-state index in [0.717, 1.165) is 28.4 Å². The van der Waals surface area contributed by atoms with Crippen molar-refractivity contribution in [2.24, 2.45) is 0 Å². The second kappa shape index (κ2) is 7.43. The molecule has 1 aliphatic rings. The van der Waals surface area contributed by atoms with Gasteiger partial charge in [0.15, 0.2) is 0 Å². The van der Waals surface area contributed by atoms with Crippen molar-refractivity contribution in [3.8, 4) is 11.6 Å². The van der Waals surface area contributed by atoms with Crippen LogP contribution in [0.1, 0.15) is 44.5 Å². The highest BCUT2D eigenvalue weighted by Crippen LogP contribution is 2.32. The number of hydrogen-bond donors (Lipinski definition) is 0. The van der Waals surface area contributed by atoms with E-state index in [-0.39, 0.29) is 11.4 Å². The van der Waals surface area contributed by atoms with Crippen molar-refractivity contribution in [1.82, 2.24) is 19.2 Å². The van der Waals surface area contributed by atoms with Gasteiger partial charge in [-0.05, 0) is 57.5 Å². The molecule has 152 valence electrons. The van der Waals surface area contributed by atoms with Crippen molar-refractivity contribution in [3.63, 3.8) is 0 Å². The first-order valence-electron chi connectivity index (χ1n) is 10.1. The SMILES string of the molecule is CCOc1ccc(CC(=O)N2Cc3nn(C(C)(C)C)c(-n4cccc4)c3C2)cc1. The zero-order valence-electron chi connectivity index (χ0n) is 17.6. The third-order valence-electron chi connectivity index (χ3n) is 5.16. The molecule has 2 aromatic heterocycles. The lowest BCUT2D eigenvalue weighted by Gasteiger charge is -2.24. The number of ether oxygens (including phenoxy) is 1. The summed E-state index contributed by atoms with van der Waals surface area (Å²) in [6.07, 6.45) is 4.45. The monoisotopic (exact) mass is 392 g/mol. The van der Waals surface area contributed by atoms with Gasteiger partial charge in [-0.2, -0.15) is 5.10 Å². The Morgan fingerprint density at radius 1 is 1.10 bits per heavy atom. The molecule has 29 heavy (non-hydrogen) atoms. The van der Waals surface area contributed by atoms with E-state index in [1.54, 1.807) is 0 Å². The third-order valence-corrected chi connectivity index (χ3v) is 5.16. The number of benzene rings is 1. The van der Waals surface area contributed by atoms with Gasteiger partial charge in [0.1, 0.15) is 11.6 Å². The van der Waals surface area contributed by atoms with Gasteiger partial charge >= 0.3 is 0 Å². The van der Waals surface area contributed by atoms with Gasteiger partial charge in [0.05, 0.1) is 37.4 Å². The lowest BCUT2D eigenvalue weighted by molar-refractivity contribution is -0.131. The van der Waals surface area contributed by atoms with Crippen LogP contribution in [0.15, 0.2) is 48.8 Å². The predicted octanol–water partition coefficient (Wildman–Crippen LogP) is 3.91. The Labute approximate surface area is 171 Å². The molecule has 0 atom stereocenters. The molecule has 0 spiro atoms. The molecule has 3 aromatic rings. The maximum absolute atomic E-state index is 12.9. The zero-order valence-corrected chi connectivity index (χ0v) is 17.6. The summed E-state index contributed by atoms with van der Waals surface area (Å²) in [4.78, 5) is 14.8. The van der Waals surface area contributed by atoms with Crippen LogP contribution in [-0.4, -0.2) is 31.8 Å². The van der Waals surface area contributed by atoms with E-state index in [9.17, 15) is 4.79 Å². The van der Waals surface area contributed by atoms with Gasteiger partial charge in [-0.15, -0.1) is 0 Å². The number of fused-ring (bicyclic) bond motifs is 1. The molecule has 0 radical (unpaired) electrons. The van der Waals surface area contributed by atoms with Crippen LogP contribution in [0, 0.1) is 0 Å². The van der Waals surface area contributed by atoms with Crippen molar-refractivity contribution >= 4 is 5.91 Å². The van der Waals surface area contributed by atoms with E-state index >= 15 is 0 Å². The standard InChI is InChI=1S/C23H28N4O2/c1-5-29-18-10-8-17(9-11-18)14-21(28)26-15-19-20(16-26)24-27(23(2,3)4)22(19)25-12-6-7-13-25/h6-13H,5,14-16H2,1-4H3. The van der Waals surface area contributed by atoms with Crippen LogP contribution in [0.25, 0.3) is 5.82 Å². The summed E-state index contributed by atoms with van der Waals surface area (Å²) in [5, 5.41) is 4.88. The number of aromatic nitrogens is 3. The van der Waals surface area contributed by atoms with Crippen LogP contribution in [0.4, 0.5) is 0 Å². The highest BCUT2D eigenvalue weighted by molar-refractivity contribution is 5.79. The van der Waals surface area contributed by atoms with Gasteiger partial charge in [-0.1, -0.05) is 12.1 Å². The van der Waals surface area contributed by atoms with Crippen LogP contribution in [0.5, 0.6) is 5.75 Å². The Morgan fingerprint density at radius 3 is 2.41 bits per heavy atom. The molecule has 1 aromatic carbocycles. The fourth-order valence-corrected chi connectivity index (χ4v) is 3.74. The maximum Gasteiger partial charge on any atom is 0.227 e. The first-order chi connectivity index (χ1) is 13.9. The number of rotatable bonds is 5. The minimum atomic E-state index is -0.138. The molecule has 0 saturated heterocycles. The average Bonchev–Trinajstić information content (AvgIpc) is 3.38. The fraction of sp³-hybridized carbons (Fsp3) is 0.391. The van der Waals surface area contributed by atoms with E-state index in [4.69, 9.17) is 9.84 Å². The van der Waals surface area contributed by atoms with Crippen LogP contribution >= 0.6 is 0 Å². The average molecular weight is 393 g/mol. The summed E-state index contributed by atoms with van der Waals surface area (Å²) >= 11 is 0. The Bertz CT molecular complexity index is 995. The molecule has 3 heterocycles. The molecule has 4 rings (SSSR count). The summed E-state index contributed by atoms with van der Waals surface area (Å²) in [6, 6.07) is 11.8. The number of carbonyl (C=O) groups excluding carboxylic acids is 1. The van der Waals surface area contributed by atoms with Gasteiger partial charge in [-0.3, -0.25) is 4.79 Å². The molecule has 0 bridgehead atoms. The minimum Gasteiger partial charge on any atom is -0.494 e. The smallest absolute Gasteiger partial charge is 0.227 e. The summed E-state index contributed by atoms with van der Waals surface area (Å²) in [5.74, 6) is 2.00. The highest BCUT2D eigenvalue weighted by Gasteiger charge is 2.33. The molecule has 0 aliphatic carbocycles. The normalized spacial score (nSPS) is 13.6. The molecule has 0 saturated carbocycles. The zero-order chi connectivity index (χ0) is 20.6. The number of amides is 1. The first-order valence-corrected chi connectivity index (χ1v) is 10.1. The quantitative estimate of drug-likeness (QED) is 0.661.